The molecule has 0 fully saturated rings. The third kappa shape index (κ3) is 2.34. The highest BCUT2D eigenvalue weighted by Gasteiger charge is 2.12. The Balaban J connectivity index is 2.32. The first-order chi connectivity index (χ1) is 9.19. The summed E-state index contributed by atoms with van der Waals surface area (Å²) in [5.41, 5.74) is 2.46. The maximum atomic E-state index is 13.3. The average Bonchev–Trinajstić information content (AvgIpc) is 2.76. The molecular formula is C14H9ClFIN2. The fourth-order valence-corrected chi connectivity index (χ4v) is 2.80. The Morgan fingerprint density at radius 3 is 2.79 bits per heavy atom. The van der Waals surface area contributed by atoms with Crippen LogP contribution in [-0.4, -0.2) is 9.55 Å². The lowest BCUT2D eigenvalue weighted by Crippen LogP contribution is -1.99. The van der Waals surface area contributed by atoms with Crippen LogP contribution in [0.3, 0.4) is 0 Å². The van der Waals surface area contributed by atoms with E-state index in [9.17, 15) is 4.39 Å². The number of imidazole rings is 1. The fraction of sp³-hybridized carbons (Fsp3) is 0.0714. The molecule has 0 unspecified atom stereocenters. The van der Waals surface area contributed by atoms with Gasteiger partial charge in [-0.25, -0.2) is 9.37 Å². The highest BCUT2D eigenvalue weighted by Crippen LogP contribution is 2.24. The molecule has 0 aliphatic carbocycles. The normalized spacial score (nSPS) is 11.1. The number of hydrogen-bond acceptors (Lipinski definition) is 1. The van der Waals surface area contributed by atoms with E-state index >= 15 is 0 Å². The van der Waals surface area contributed by atoms with E-state index in [0.29, 0.717) is 11.3 Å². The van der Waals surface area contributed by atoms with Crippen molar-refractivity contribution in [2.75, 3.05) is 0 Å². The Kier molecular flexibility index (Phi) is 3.45. The fourth-order valence-electron chi connectivity index (χ4n) is 2.10. The molecule has 5 heteroatoms. The van der Waals surface area contributed by atoms with Gasteiger partial charge < -0.3 is 0 Å². The van der Waals surface area contributed by atoms with Crippen LogP contribution in [0.2, 0.25) is 0 Å². The largest absolute Gasteiger partial charge is 0.295 e. The molecule has 0 aliphatic rings. The van der Waals surface area contributed by atoms with E-state index in [4.69, 9.17) is 11.6 Å². The molecule has 0 aliphatic heterocycles. The molecule has 96 valence electrons. The van der Waals surface area contributed by atoms with Gasteiger partial charge >= 0.3 is 0 Å². The summed E-state index contributed by atoms with van der Waals surface area (Å²) in [7, 11) is 0. The molecule has 2 aromatic carbocycles. The standard InChI is InChI=1S/C14H9ClFIN2/c15-8-14-18-12-6-9(16)4-5-13(12)19(14)11-3-1-2-10(17)7-11/h1-7H,8H2. The number of benzene rings is 2. The predicted octanol–water partition coefficient (Wildman–Crippen LogP) is 4.51. The molecule has 0 saturated carbocycles. The van der Waals surface area contributed by atoms with Crippen molar-refractivity contribution >= 4 is 45.2 Å². The predicted molar refractivity (Wildman–Crippen MR) is 83.3 cm³/mol. The molecule has 1 heterocycles. The molecule has 0 atom stereocenters. The zero-order valence-corrected chi connectivity index (χ0v) is 12.7. The highest BCUT2D eigenvalue weighted by atomic mass is 127. The van der Waals surface area contributed by atoms with Gasteiger partial charge in [-0.15, -0.1) is 11.6 Å². The summed E-state index contributed by atoms with van der Waals surface area (Å²) in [6.45, 7) is 0. The summed E-state index contributed by atoms with van der Waals surface area (Å²) in [5, 5.41) is 0. The smallest absolute Gasteiger partial charge is 0.129 e. The molecule has 3 aromatic rings. The number of alkyl halides is 1. The van der Waals surface area contributed by atoms with Gasteiger partial charge in [-0.05, 0) is 52.9 Å². The lowest BCUT2D eigenvalue weighted by atomic mass is 10.2. The molecule has 19 heavy (non-hydrogen) atoms. The molecule has 0 radical (unpaired) electrons. The minimum absolute atomic E-state index is 0.280. The van der Waals surface area contributed by atoms with Crippen molar-refractivity contribution in [1.82, 2.24) is 9.55 Å². The zero-order valence-electron chi connectivity index (χ0n) is 9.78. The van der Waals surface area contributed by atoms with E-state index in [1.807, 2.05) is 28.8 Å². The van der Waals surface area contributed by atoms with Gasteiger partial charge in [0.15, 0.2) is 0 Å². The number of fused-ring (bicyclic) bond motifs is 1. The Labute approximate surface area is 128 Å². The van der Waals surface area contributed by atoms with Crippen LogP contribution in [0.1, 0.15) is 5.82 Å². The van der Waals surface area contributed by atoms with Gasteiger partial charge in [-0.2, -0.15) is 0 Å². The molecule has 1 aromatic heterocycles. The summed E-state index contributed by atoms with van der Waals surface area (Å²) in [6, 6.07) is 12.6. The van der Waals surface area contributed by atoms with Crippen molar-refractivity contribution in [2.45, 2.75) is 5.88 Å². The third-order valence-corrected chi connectivity index (χ3v) is 3.78. The second-order valence-electron chi connectivity index (χ2n) is 4.11. The molecule has 0 bridgehead atoms. The van der Waals surface area contributed by atoms with E-state index in [0.717, 1.165) is 14.8 Å². The molecule has 2 nitrogen and oxygen atoms in total. The van der Waals surface area contributed by atoms with Gasteiger partial charge in [0.25, 0.3) is 0 Å². The van der Waals surface area contributed by atoms with Crippen molar-refractivity contribution in [2.24, 2.45) is 0 Å². The van der Waals surface area contributed by atoms with Gasteiger partial charge in [0.1, 0.15) is 11.6 Å². The number of rotatable bonds is 2. The van der Waals surface area contributed by atoms with Gasteiger partial charge in [-0.3, -0.25) is 4.57 Å². The van der Waals surface area contributed by atoms with Crippen LogP contribution in [-0.2, 0) is 5.88 Å². The summed E-state index contributed by atoms with van der Waals surface area (Å²) in [5.74, 6) is 0.701. The van der Waals surface area contributed by atoms with Crippen LogP contribution in [0.25, 0.3) is 16.7 Å². The molecule has 3 rings (SSSR count). The van der Waals surface area contributed by atoms with Gasteiger partial charge in [0.05, 0.1) is 16.9 Å². The number of nitrogens with zero attached hydrogens (tertiary/aromatic N) is 2. The van der Waals surface area contributed by atoms with Gasteiger partial charge in [-0.1, -0.05) is 6.07 Å². The lowest BCUT2D eigenvalue weighted by molar-refractivity contribution is 0.629. The number of halogens is 3. The first-order valence-corrected chi connectivity index (χ1v) is 7.29. The second-order valence-corrected chi connectivity index (χ2v) is 5.62. The van der Waals surface area contributed by atoms with Gasteiger partial charge in [0.2, 0.25) is 0 Å². The van der Waals surface area contributed by atoms with Crippen LogP contribution in [0.5, 0.6) is 0 Å². The van der Waals surface area contributed by atoms with E-state index in [2.05, 4.69) is 27.6 Å². The highest BCUT2D eigenvalue weighted by molar-refractivity contribution is 14.1. The van der Waals surface area contributed by atoms with Crippen molar-refractivity contribution in [3.8, 4) is 5.69 Å². The van der Waals surface area contributed by atoms with Crippen LogP contribution in [0.15, 0.2) is 42.5 Å². The SMILES string of the molecule is Fc1ccc2c(c1)nc(CCl)n2-c1cccc(I)c1. The van der Waals surface area contributed by atoms with Gasteiger partial charge in [0, 0.05) is 15.3 Å². The molecular weight excluding hydrogens is 378 g/mol. The van der Waals surface area contributed by atoms with Crippen molar-refractivity contribution < 1.29 is 4.39 Å². The van der Waals surface area contributed by atoms with Crippen molar-refractivity contribution in [1.29, 1.82) is 0 Å². The number of hydrogen-bond donors (Lipinski definition) is 0. The molecule has 0 spiro atoms. The summed E-state index contributed by atoms with van der Waals surface area (Å²) in [6.07, 6.45) is 0. The maximum Gasteiger partial charge on any atom is 0.129 e. The Morgan fingerprint density at radius 1 is 1.21 bits per heavy atom. The van der Waals surface area contributed by atoms with E-state index < -0.39 is 0 Å². The van der Waals surface area contributed by atoms with Crippen LogP contribution in [0.4, 0.5) is 4.39 Å². The molecule has 0 amide bonds. The zero-order chi connectivity index (χ0) is 13.4. The summed E-state index contributed by atoms with van der Waals surface area (Å²) < 4.78 is 16.4. The first kappa shape index (κ1) is 12.9. The summed E-state index contributed by atoms with van der Waals surface area (Å²) in [4.78, 5) is 4.39. The average molecular weight is 387 g/mol. The third-order valence-electron chi connectivity index (χ3n) is 2.87. The van der Waals surface area contributed by atoms with Crippen LogP contribution >= 0.6 is 34.2 Å². The second kappa shape index (κ2) is 5.09. The number of aromatic nitrogens is 2. The van der Waals surface area contributed by atoms with E-state index in [1.165, 1.54) is 12.1 Å². The van der Waals surface area contributed by atoms with E-state index in [-0.39, 0.29) is 11.7 Å². The lowest BCUT2D eigenvalue weighted by Gasteiger charge is -2.08. The topological polar surface area (TPSA) is 17.8 Å². The minimum Gasteiger partial charge on any atom is -0.295 e. The Hall–Kier alpha value is -1.14. The summed E-state index contributed by atoms with van der Waals surface area (Å²) >= 11 is 8.21. The molecule has 0 N–H and O–H groups in total. The minimum atomic E-state index is -0.291. The van der Waals surface area contributed by atoms with Crippen LogP contribution < -0.4 is 0 Å². The van der Waals surface area contributed by atoms with E-state index in [1.54, 1.807) is 6.07 Å². The van der Waals surface area contributed by atoms with Crippen molar-refractivity contribution in [3.63, 3.8) is 0 Å². The quantitative estimate of drug-likeness (QED) is 0.468. The monoisotopic (exact) mass is 386 g/mol. The first-order valence-electron chi connectivity index (χ1n) is 5.68. The molecule has 0 saturated heterocycles. The Bertz CT molecular complexity index is 754. The maximum absolute atomic E-state index is 13.3. The Morgan fingerprint density at radius 2 is 2.05 bits per heavy atom. The van der Waals surface area contributed by atoms with Crippen LogP contribution in [0, 0.1) is 9.39 Å². The van der Waals surface area contributed by atoms with Crippen molar-refractivity contribution in [3.05, 3.63) is 57.7 Å².